The smallest absolute Gasteiger partial charge is 0.220 e. The van der Waals surface area contributed by atoms with Gasteiger partial charge in [-0.25, -0.2) is 0 Å². The quantitative estimate of drug-likeness (QED) is 0.620. The number of carbonyl (C=O) groups excluding carboxylic acids is 1. The van der Waals surface area contributed by atoms with Crippen LogP contribution in [-0.2, 0) is 4.79 Å². The van der Waals surface area contributed by atoms with Gasteiger partial charge in [0, 0.05) is 18.8 Å². The number of alkyl halides is 1. The Morgan fingerprint density at radius 2 is 1.94 bits per heavy atom. The molecule has 1 N–H and O–H groups in total. The molecule has 3 heteroatoms. The molecule has 0 bridgehead atoms. The van der Waals surface area contributed by atoms with E-state index >= 15 is 0 Å². The number of amides is 1. The van der Waals surface area contributed by atoms with Crippen molar-refractivity contribution in [1.82, 2.24) is 5.32 Å². The molecule has 96 valence electrons. The second-order valence-corrected chi connectivity index (χ2v) is 5.25. The fraction of sp³-hybridized carbons (Fsp3) is 0.923. The number of nitrogens with one attached hydrogen (secondary N) is 1. The highest BCUT2D eigenvalue weighted by molar-refractivity contribution is 6.17. The Labute approximate surface area is 105 Å². The molecule has 1 unspecified atom stereocenters. The summed E-state index contributed by atoms with van der Waals surface area (Å²) < 4.78 is 0. The van der Waals surface area contributed by atoms with Crippen LogP contribution in [0.2, 0.25) is 0 Å². The van der Waals surface area contributed by atoms with E-state index in [0.29, 0.717) is 24.1 Å². The van der Waals surface area contributed by atoms with Crippen molar-refractivity contribution in [3.8, 4) is 0 Å². The Balaban J connectivity index is 3.68. The normalized spacial score (nSPS) is 12.8. The van der Waals surface area contributed by atoms with Crippen molar-refractivity contribution in [2.45, 2.75) is 52.9 Å². The van der Waals surface area contributed by atoms with Crippen molar-refractivity contribution in [3.05, 3.63) is 0 Å². The summed E-state index contributed by atoms with van der Waals surface area (Å²) >= 11 is 5.74. The molecule has 0 spiro atoms. The summed E-state index contributed by atoms with van der Waals surface area (Å²) in [6.45, 7) is 7.24. The third kappa shape index (κ3) is 9.02. The molecule has 1 atom stereocenters. The zero-order valence-corrected chi connectivity index (χ0v) is 11.6. The predicted octanol–water partition coefficient (Wildman–Crippen LogP) is 3.58. The molecule has 2 nitrogen and oxygen atoms in total. The van der Waals surface area contributed by atoms with Gasteiger partial charge in [-0.05, 0) is 31.1 Å². The standard InChI is InChI=1S/C13H26ClNO/c1-4-5-12(8-9-14)10-15-13(16)7-6-11(2)3/h11-12H,4-10H2,1-3H3,(H,15,16). The molecule has 0 aliphatic carbocycles. The summed E-state index contributed by atoms with van der Waals surface area (Å²) in [5, 5.41) is 3.01. The molecule has 0 aromatic rings. The van der Waals surface area contributed by atoms with E-state index in [1.807, 2.05) is 0 Å². The van der Waals surface area contributed by atoms with Gasteiger partial charge in [-0.15, -0.1) is 11.6 Å². The topological polar surface area (TPSA) is 29.1 Å². The first kappa shape index (κ1) is 15.8. The van der Waals surface area contributed by atoms with Crippen molar-refractivity contribution in [3.63, 3.8) is 0 Å². The van der Waals surface area contributed by atoms with E-state index in [2.05, 4.69) is 26.1 Å². The molecular formula is C13H26ClNO. The lowest BCUT2D eigenvalue weighted by molar-refractivity contribution is -0.121. The summed E-state index contributed by atoms with van der Waals surface area (Å²) in [7, 11) is 0. The Kier molecular flexibility index (Phi) is 9.80. The minimum atomic E-state index is 0.185. The Morgan fingerprint density at radius 3 is 2.44 bits per heavy atom. The minimum absolute atomic E-state index is 0.185. The van der Waals surface area contributed by atoms with E-state index in [1.165, 1.54) is 0 Å². The van der Waals surface area contributed by atoms with E-state index in [-0.39, 0.29) is 5.91 Å². The lowest BCUT2D eigenvalue weighted by Gasteiger charge is -2.15. The van der Waals surface area contributed by atoms with E-state index in [1.54, 1.807) is 0 Å². The number of hydrogen-bond donors (Lipinski definition) is 1. The minimum Gasteiger partial charge on any atom is -0.356 e. The maximum absolute atomic E-state index is 11.5. The van der Waals surface area contributed by atoms with Crippen molar-refractivity contribution in [1.29, 1.82) is 0 Å². The predicted molar refractivity (Wildman–Crippen MR) is 70.8 cm³/mol. The molecule has 0 aliphatic rings. The third-order valence-corrected chi connectivity index (χ3v) is 2.97. The van der Waals surface area contributed by atoms with Gasteiger partial charge < -0.3 is 5.32 Å². The summed E-state index contributed by atoms with van der Waals surface area (Å²) in [5.74, 6) is 2.02. The van der Waals surface area contributed by atoms with Gasteiger partial charge in [-0.3, -0.25) is 4.79 Å². The molecular weight excluding hydrogens is 222 g/mol. The second-order valence-electron chi connectivity index (χ2n) is 4.87. The fourth-order valence-corrected chi connectivity index (χ4v) is 1.99. The van der Waals surface area contributed by atoms with Crippen LogP contribution in [0.25, 0.3) is 0 Å². The third-order valence-electron chi connectivity index (χ3n) is 2.75. The van der Waals surface area contributed by atoms with Crippen LogP contribution in [0.4, 0.5) is 0 Å². The van der Waals surface area contributed by atoms with Crippen molar-refractivity contribution in [2.24, 2.45) is 11.8 Å². The monoisotopic (exact) mass is 247 g/mol. The van der Waals surface area contributed by atoms with Crippen LogP contribution in [0.1, 0.15) is 52.9 Å². The summed E-state index contributed by atoms with van der Waals surface area (Å²) in [6, 6.07) is 0. The average Bonchev–Trinajstić information content (AvgIpc) is 2.23. The Hall–Kier alpha value is -0.240. The highest BCUT2D eigenvalue weighted by Crippen LogP contribution is 2.11. The van der Waals surface area contributed by atoms with Gasteiger partial charge in [0.15, 0.2) is 0 Å². The first-order valence-corrected chi connectivity index (χ1v) is 6.96. The van der Waals surface area contributed by atoms with Gasteiger partial charge in [0.25, 0.3) is 0 Å². The summed E-state index contributed by atoms with van der Waals surface area (Å²) in [5.41, 5.74) is 0. The molecule has 0 aromatic heterocycles. The van der Waals surface area contributed by atoms with E-state index < -0.39 is 0 Å². The molecule has 0 radical (unpaired) electrons. The van der Waals surface area contributed by atoms with E-state index in [9.17, 15) is 4.79 Å². The Bertz CT molecular complexity index is 177. The van der Waals surface area contributed by atoms with E-state index in [0.717, 1.165) is 32.2 Å². The molecule has 16 heavy (non-hydrogen) atoms. The van der Waals surface area contributed by atoms with Crippen molar-refractivity contribution < 1.29 is 4.79 Å². The average molecular weight is 248 g/mol. The van der Waals surface area contributed by atoms with Gasteiger partial charge in [0.1, 0.15) is 0 Å². The van der Waals surface area contributed by atoms with Crippen LogP contribution in [-0.4, -0.2) is 18.3 Å². The highest BCUT2D eigenvalue weighted by Gasteiger charge is 2.09. The molecule has 0 rings (SSSR count). The second kappa shape index (κ2) is 9.95. The maximum atomic E-state index is 11.5. The fourth-order valence-electron chi connectivity index (χ4n) is 1.68. The van der Waals surface area contributed by atoms with Crippen molar-refractivity contribution >= 4 is 17.5 Å². The van der Waals surface area contributed by atoms with Crippen LogP contribution in [0, 0.1) is 11.8 Å². The number of carbonyl (C=O) groups is 1. The van der Waals surface area contributed by atoms with Crippen LogP contribution in [0.15, 0.2) is 0 Å². The molecule has 0 heterocycles. The van der Waals surface area contributed by atoms with Gasteiger partial charge in [-0.1, -0.05) is 27.2 Å². The van der Waals surface area contributed by atoms with Crippen LogP contribution < -0.4 is 5.32 Å². The van der Waals surface area contributed by atoms with Crippen LogP contribution in [0.5, 0.6) is 0 Å². The first-order chi connectivity index (χ1) is 7.60. The first-order valence-electron chi connectivity index (χ1n) is 6.42. The largest absolute Gasteiger partial charge is 0.356 e. The van der Waals surface area contributed by atoms with Crippen LogP contribution in [0.3, 0.4) is 0 Å². The van der Waals surface area contributed by atoms with E-state index in [4.69, 9.17) is 11.6 Å². The molecule has 0 saturated heterocycles. The number of hydrogen-bond acceptors (Lipinski definition) is 1. The van der Waals surface area contributed by atoms with Gasteiger partial charge in [0.05, 0.1) is 0 Å². The molecule has 0 aliphatic heterocycles. The van der Waals surface area contributed by atoms with Gasteiger partial charge in [0.2, 0.25) is 5.91 Å². The van der Waals surface area contributed by atoms with Crippen molar-refractivity contribution in [2.75, 3.05) is 12.4 Å². The molecule has 1 amide bonds. The lowest BCUT2D eigenvalue weighted by Crippen LogP contribution is -2.29. The lowest BCUT2D eigenvalue weighted by atomic mass is 10.0. The molecule has 0 fully saturated rings. The SMILES string of the molecule is CCCC(CCCl)CNC(=O)CCC(C)C. The zero-order valence-electron chi connectivity index (χ0n) is 10.9. The molecule has 0 aromatic carbocycles. The highest BCUT2D eigenvalue weighted by atomic mass is 35.5. The van der Waals surface area contributed by atoms with Crippen LogP contribution >= 0.6 is 11.6 Å². The summed E-state index contributed by atoms with van der Waals surface area (Å²) in [6.07, 6.45) is 4.93. The summed E-state index contributed by atoms with van der Waals surface area (Å²) in [4.78, 5) is 11.5. The van der Waals surface area contributed by atoms with Gasteiger partial charge >= 0.3 is 0 Å². The number of rotatable bonds is 9. The zero-order chi connectivity index (χ0) is 12.4. The maximum Gasteiger partial charge on any atom is 0.220 e. The Morgan fingerprint density at radius 1 is 1.25 bits per heavy atom. The molecule has 0 saturated carbocycles. The van der Waals surface area contributed by atoms with Gasteiger partial charge in [-0.2, -0.15) is 0 Å². The number of halogens is 1.